The number of hydrogen-bond acceptors (Lipinski definition) is 0. The van der Waals surface area contributed by atoms with Crippen LogP contribution < -0.4 is 0 Å². The van der Waals surface area contributed by atoms with Crippen LogP contribution in [0.5, 0.6) is 0 Å². The van der Waals surface area contributed by atoms with E-state index in [1.165, 1.54) is 66.4 Å². The number of nitrogens with zero attached hydrogens (tertiary/aromatic N) is 1. The van der Waals surface area contributed by atoms with Crippen LogP contribution in [0.4, 0.5) is 0 Å². The van der Waals surface area contributed by atoms with Crippen LogP contribution in [0.2, 0.25) is 0 Å². The average Bonchev–Trinajstić information content (AvgIpc) is 3.44. The van der Waals surface area contributed by atoms with Crippen molar-refractivity contribution >= 4 is 21.8 Å². The predicted molar refractivity (Wildman–Crippen MR) is 148 cm³/mol. The zero-order valence-electron chi connectivity index (χ0n) is 20.0. The predicted octanol–water partition coefficient (Wildman–Crippen LogP) is 8.97. The zero-order chi connectivity index (χ0) is 23.4. The van der Waals surface area contributed by atoms with Gasteiger partial charge in [-0.05, 0) is 88.2 Å². The molecule has 1 aliphatic carbocycles. The lowest BCUT2D eigenvalue weighted by Crippen LogP contribution is -1.95. The van der Waals surface area contributed by atoms with Crippen LogP contribution in [-0.2, 0) is 12.8 Å². The molecule has 1 heterocycles. The summed E-state index contributed by atoms with van der Waals surface area (Å²) in [5, 5.41) is 2.61. The topological polar surface area (TPSA) is 4.93 Å². The molecular formula is C34H27N. The molecule has 0 saturated heterocycles. The van der Waals surface area contributed by atoms with Gasteiger partial charge in [0.05, 0.1) is 11.0 Å². The number of rotatable bonds is 4. The summed E-state index contributed by atoms with van der Waals surface area (Å²) in [7, 11) is 0. The Labute approximate surface area is 206 Å². The fraction of sp³-hybridized carbons (Fsp3) is 0.118. The molecule has 0 saturated carbocycles. The van der Waals surface area contributed by atoms with Gasteiger partial charge in [-0.15, -0.1) is 0 Å². The molecule has 0 aliphatic heterocycles. The van der Waals surface area contributed by atoms with Crippen molar-refractivity contribution in [3.63, 3.8) is 0 Å². The Kier molecular flexibility index (Phi) is 4.63. The van der Waals surface area contributed by atoms with Gasteiger partial charge in [0, 0.05) is 16.5 Å². The van der Waals surface area contributed by atoms with Crippen LogP contribution in [0.3, 0.4) is 0 Å². The molecule has 0 fully saturated rings. The van der Waals surface area contributed by atoms with E-state index in [-0.39, 0.29) is 0 Å². The van der Waals surface area contributed by atoms with E-state index in [1.54, 1.807) is 0 Å². The minimum atomic E-state index is 1.04. The van der Waals surface area contributed by atoms with Crippen molar-refractivity contribution < 1.29 is 0 Å². The smallest absolute Gasteiger partial charge is 0.0541 e. The fourth-order valence-corrected chi connectivity index (χ4v) is 5.87. The standard InChI is InChI=1S/C34H27N/c1-2-8-23-9-7-11-28(19-23)35-33-14-6-5-13-30(33)32-22-25(17-18-34(32)35)24-15-16-27-20-26-10-3-4-12-29(26)31(27)21-24/h3-7,9-19,21-22H,2,8,20H2,1H3. The highest BCUT2D eigenvalue weighted by Gasteiger charge is 2.19. The third-order valence-corrected chi connectivity index (χ3v) is 7.51. The summed E-state index contributed by atoms with van der Waals surface area (Å²) < 4.78 is 2.42. The van der Waals surface area contributed by atoms with Gasteiger partial charge in [0.15, 0.2) is 0 Å². The van der Waals surface area contributed by atoms with Crippen molar-refractivity contribution in [1.82, 2.24) is 4.57 Å². The number of hydrogen-bond donors (Lipinski definition) is 0. The minimum absolute atomic E-state index is 1.04. The Morgan fingerprint density at radius 2 is 1.37 bits per heavy atom. The van der Waals surface area contributed by atoms with E-state index >= 15 is 0 Å². The van der Waals surface area contributed by atoms with E-state index in [0.717, 1.165) is 19.3 Å². The van der Waals surface area contributed by atoms with Crippen molar-refractivity contribution in [2.75, 3.05) is 0 Å². The molecule has 0 N–H and O–H groups in total. The van der Waals surface area contributed by atoms with Gasteiger partial charge >= 0.3 is 0 Å². The number of fused-ring (bicyclic) bond motifs is 6. The van der Waals surface area contributed by atoms with E-state index in [4.69, 9.17) is 0 Å². The lowest BCUT2D eigenvalue weighted by Gasteiger charge is -2.10. The Bertz CT molecular complexity index is 1730. The highest BCUT2D eigenvalue weighted by Crippen LogP contribution is 2.40. The normalized spacial score (nSPS) is 12.3. The monoisotopic (exact) mass is 449 g/mol. The van der Waals surface area contributed by atoms with Crippen LogP contribution in [0, 0.1) is 0 Å². The highest BCUT2D eigenvalue weighted by atomic mass is 15.0. The van der Waals surface area contributed by atoms with Gasteiger partial charge in [0.2, 0.25) is 0 Å². The fourth-order valence-electron chi connectivity index (χ4n) is 5.87. The minimum Gasteiger partial charge on any atom is -0.309 e. The summed E-state index contributed by atoms with van der Waals surface area (Å²) in [5.74, 6) is 0. The lowest BCUT2D eigenvalue weighted by atomic mass is 9.97. The highest BCUT2D eigenvalue weighted by molar-refractivity contribution is 6.10. The maximum Gasteiger partial charge on any atom is 0.0541 e. The van der Waals surface area contributed by atoms with Gasteiger partial charge in [-0.2, -0.15) is 0 Å². The quantitative estimate of drug-likeness (QED) is 0.253. The summed E-state index contributed by atoms with van der Waals surface area (Å²) in [5.41, 5.74) is 13.3. The number of benzene rings is 5. The summed E-state index contributed by atoms with van der Waals surface area (Å²) in [6, 6.07) is 40.6. The van der Waals surface area contributed by atoms with Crippen molar-refractivity contribution in [2.24, 2.45) is 0 Å². The Morgan fingerprint density at radius 3 is 2.31 bits per heavy atom. The maximum atomic E-state index is 2.42. The second kappa shape index (κ2) is 7.99. The summed E-state index contributed by atoms with van der Waals surface area (Å²) in [6.45, 7) is 2.24. The second-order valence-corrected chi connectivity index (χ2v) is 9.71. The molecule has 1 aliphatic rings. The molecule has 0 unspecified atom stereocenters. The van der Waals surface area contributed by atoms with Crippen molar-refractivity contribution in [1.29, 1.82) is 0 Å². The Morgan fingerprint density at radius 1 is 0.600 bits per heavy atom. The summed E-state index contributed by atoms with van der Waals surface area (Å²) in [6.07, 6.45) is 3.30. The molecule has 0 bridgehead atoms. The first-order valence-corrected chi connectivity index (χ1v) is 12.6. The molecule has 35 heavy (non-hydrogen) atoms. The van der Waals surface area contributed by atoms with Gasteiger partial charge < -0.3 is 4.57 Å². The van der Waals surface area contributed by atoms with E-state index < -0.39 is 0 Å². The summed E-state index contributed by atoms with van der Waals surface area (Å²) >= 11 is 0. The van der Waals surface area contributed by atoms with Gasteiger partial charge in [-0.3, -0.25) is 0 Å². The van der Waals surface area contributed by atoms with Crippen LogP contribution >= 0.6 is 0 Å². The molecular weight excluding hydrogens is 422 g/mol. The summed E-state index contributed by atoms with van der Waals surface area (Å²) in [4.78, 5) is 0. The molecule has 6 aromatic rings. The van der Waals surface area contributed by atoms with Crippen LogP contribution in [-0.4, -0.2) is 4.57 Å². The zero-order valence-corrected chi connectivity index (χ0v) is 20.0. The molecule has 5 aromatic carbocycles. The SMILES string of the molecule is CCCc1cccc(-n2c3ccccc3c3cc(-c4ccc5c(c4)-c4ccccc4C5)ccc32)c1. The van der Waals surface area contributed by atoms with Crippen molar-refractivity contribution in [2.45, 2.75) is 26.2 Å². The van der Waals surface area contributed by atoms with E-state index in [9.17, 15) is 0 Å². The molecule has 0 amide bonds. The average molecular weight is 450 g/mol. The third-order valence-electron chi connectivity index (χ3n) is 7.51. The van der Waals surface area contributed by atoms with Crippen LogP contribution in [0.25, 0.3) is 49.7 Å². The molecule has 0 radical (unpaired) electrons. The van der Waals surface area contributed by atoms with E-state index in [0.29, 0.717) is 0 Å². The molecule has 0 atom stereocenters. The first-order valence-electron chi connectivity index (χ1n) is 12.6. The first-order chi connectivity index (χ1) is 17.3. The van der Waals surface area contributed by atoms with E-state index in [2.05, 4.69) is 121 Å². The van der Waals surface area contributed by atoms with Crippen LogP contribution in [0.1, 0.15) is 30.0 Å². The van der Waals surface area contributed by atoms with Crippen molar-refractivity contribution in [3.8, 4) is 27.9 Å². The first kappa shape index (κ1) is 20.3. The molecule has 0 spiro atoms. The van der Waals surface area contributed by atoms with Gasteiger partial charge in [-0.1, -0.05) is 86.1 Å². The molecule has 1 heteroatoms. The third kappa shape index (κ3) is 3.23. The maximum absolute atomic E-state index is 2.42. The van der Waals surface area contributed by atoms with Crippen molar-refractivity contribution in [3.05, 3.63) is 126 Å². The molecule has 1 nitrogen and oxygen atoms in total. The largest absolute Gasteiger partial charge is 0.309 e. The number of aryl methyl sites for hydroxylation is 1. The Balaban J connectivity index is 1.41. The van der Waals surface area contributed by atoms with Gasteiger partial charge in [-0.25, -0.2) is 0 Å². The number of aromatic nitrogens is 1. The van der Waals surface area contributed by atoms with Crippen LogP contribution in [0.15, 0.2) is 109 Å². The lowest BCUT2D eigenvalue weighted by molar-refractivity contribution is 0.919. The molecule has 7 rings (SSSR count). The van der Waals surface area contributed by atoms with Gasteiger partial charge in [0.25, 0.3) is 0 Å². The van der Waals surface area contributed by atoms with Gasteiger partial charge in [0.1, 0.15) is 0 Å². The second-order valence-electron chi connectivity index (χ2n) is 9.71. The number of para-hydroxylation sites is 1. The Hall–Kier alpha value is -4.10. The molecule has 168 valence electrons. The molecule has 1 aromatic heterocycles. The van der Waals surface area contributed by atoms with E-state index in [1.807, 2.05) is 0 Å².